The summed E-state index contributed by atoms with van der Waals surface area (Å²) < 4.78 is 0. The van der Waals surface area contributed by atoms with Crippen molar-refractivity contribution in [2.24, 2.45) is 0 Å². The molecular weight excluding hydrogens is 482 g/mol. The molecule has 3 heterocycles. The highest BCUT2D eigenvalue weighted by Crippen LogP contribution is 2.35. The van der Waals surface area contributed by atoms with Crippen molar-refractivity contribution in [3.05, 3.63) is 101 Å². The Kier molecular flexibility index (Phi) is 5.94. The molecule has 6 rings (SSSR count). The normalized spacial score (nSPS) is 15.3. The second kappa shape index (κ2) is 9.55. The predicted molar refractivity (Wildman–Crippen MR) is 146 cm³/mol. The van der Waals surface area contributed by atoms with Gasteiger partial charge in [0, 0.05) is 35.5 Å². The van der Waals surface area contributed by atoms with Crippen LogP contribution in [0.3, 0.4) is 0 Å². The molecule has 5 aromatic rings. The van der Waals surface area contributed by atoms with Crippen molar-refractivity contribution >= 4 is 44.9 Å². The van der Waals surface area contributed by atoms with Crippen LogP contribution in [0.2, 0.25) is 0 Å². The van der Waals surface area contributed by atoms with Gasteiger partial charge < -0.3 is 4.90 Å². The first-order valence-corrected chi connectivity index (χ1v) is 12.8. The molecule has 1 aliphatic rings. The number of aryl methyl sites for hydroxylation is 1. The minimum Gasteiger partial charge on any atom is -0.311 e. The molecule has 0 spiro atoms. The lowest BCUT2D eigenvalue weighted by Crippen LogP contribution is -2.25. The molecule has 1 saturated heterocycles. The zero-order valence-corrected chi connectivity index (χ0v) is 20.9. The first-order valence-electron chi connectivity index (χ1n) is 12.0. The Morgan fingerprint density at radius 3 is 2.57 bits per heavy atom. The summed E-state index contributed by atoms with van der Waals surface area (Å²) in [6.07, 6.45) is 0.367. The number of pyridine rings is 1. The van der Waals surface area contributed by atoms with Crippen molar-refractivity contribution < 1.29 is 9.59 Å². The van der Waals surface area contributed by atoms with E-state index in [0.717, 1.165) is 38.4 Å². The maximum atomic E-state index is 13.4. The minimum atomic E-state index is -0.275. The van der Waals surface area contributed by atoms with Gasteiger partial charge in [0.2, 0.25) is 11.0 Å². The summed E-state index contributed by atoms with van der Waals surface area (Å²) in [7, 11) is 0. The van der Waals surface area contributed by atoms with Gasteiger partial charge in [0.05, 0.1) is 16.8 Å². The molecule has 2 amide bonds. The fourth-order valence-corrected chi connectivity index (χ4v) is 5.54. The molecule has 3 aromatic carbocycles. The molecule has 8 heteroatoms. The zero-order valence-electron chi connectivity index (χ0n) is 20.1. The van der Waals surface area contributed by atoms with E-state index in [1.165, 1.54) is 11.3 Å². The summed E-state index contributed by atoms with van der Waals surface area (Å²) in [6, 6.07) is 27.1. The average molecular weight is 506 g/mol. The molecule has 7 nitrogen and oxygen atoms in total. The molecule has 1 unspecified atom stereocenters. The summed E-state index contributed by atoms with van der Waals surface area (Å²) in [5.74, 6) is -0.277. The Bertz CT molecular complexity index is 1630. The van der Waals surface area contributed by atoms with Crippen molar-refractivity contribution in [3.63, 3.8) is 0 Å². The Balaban J connectivity index is 1.25. The van der Waals surface area contributed by atoms with E-state index in [2.05, 4.69) is 15.5 Å². The highest BCUT2D eigenvalue weighted by molar-refractivity contribution is 7.15. The summed E-state index contributed by atoms with van der Waals surface area (Å²) in [4.78, 5) is 32.7. The number of fused-ring (bicyclic) bond motifs is 1. The van der Waals surface area contributed by atoms with Crippen LogP contribution in [0.1, 0.15) is 33.3 Å². The number of hydrogen-bond donors (Lipinski definition) is 1. The maximum Gasteiger partial charge on any atom is 0.258 e. The van der Waals surface area contributed by atoms with Crippen molar-refractivity contribution in [2.75, 3.05) is 16.8 Å². The smallest absolute Gasteiger partial charge is 0.258 e. The van der Waals surface area contributed by atoms with Crippen molar-refractivity contribution in [3.8, 4) is 11.3 Å². The third kappa shape index (κ3) is 4.47. The van der Waals surface area contributed by atoms with Crippen LogP contribution in [0.15, 0.2) is 84.9 Å². The molecule has 2 aromatic heterocycles. The van der Waals surface area contributed by atoms with Crippen LogP contribution in [-0.4, -0.2) is 33.5 Å². The molecule has 0 aliphatic carbocycles. The number of rotatable bonds is 5. The topological polar surface area (TPSA) is 88.1 Å². The second-order valence-corrected chi connectivity index (χ2v) is 10.0. The lowest BCUT2D eigenvalue weighted by molar-refractivity contribution is -0.117. The largest absolute Gasteiger partial charge is 0.311 e. The van der Waals surface area contributed by atoms with Crippen LogP contribution >= 0.6 is 11.3 Å². The van der Waals surface area contributed by atoms with E-state index in [-0.39, 0.29) is 17.7 Å². The second-order valence-electron chi connectivity index (χ2n) is 9.03. The highest BCUT2D eigenvalue weighted by Gasteiger charge is 2.34. The molecule has 37 heavy (non-hydrogen) atoms. The van der Waals surface area contributed by atoms with Gasteiger partial charge in [-0.05, 0) is 30.7 Å². The molecule has 0 saturated carbocycles. The van der Waals surface area contributed by atoms with E-state index < -0.39 is 0 Å². The van der Waals surface area contributed by atoms with Gasteiger partial charge in [-0.2, -0.15) is 0 Å². The predicted octanol–water partition coefficient (Wildman–Crippen LogP) is 5.83. The number of para-hydroxylation sites is 2. The standard InChI is InChI=1S/C29H23N5O2S/c1-18-9-5-8-14-25(18)34-17-20(15-26(34)35)28-32-33-29(37-28)31-27(36)22-16-24(19-10-3-2-4-11-19)30-23-13-7-6-12-21(22)23/h2-14,16,20H,15,17H2,1H3,(H,31,33,36). The van der Waals surface area contributed by atoms with Gasteiger partial charge in [-0.3, -0.25) is 14.9 Å². The van der Waals surface area contributed by atoms with E-state index in [1.807, 2.05) is 96.8 Å². The van der Waals surface area contributed by atoms with Crippen LogP contribution in [0.4, 0.5) is 10.8 Å². The van der Waals surface area contributed by atoms with Crippen molar-refractivity contribution in [1.82, 2.24) is 15.2 Å². The Hall–Kier alpha value is -4.43. The third-order valence-corrected chi connectivity index (χ3v) is 7.57. The van der Waals surface area contributed by atoms with Gasteiger partial charge >= 0.3 is 0 Å². The van der Waals surface area contributed by atoms with Crippen LogP contribution < -0.4 is 10.2 Å². The van der Waals surface area contributed by atoms with Crippen LogP contribution in [0.5, 0.6) is 0 Å². The summed E-state index contributed by atoms with van der Waals surface area (Å²) >= 11 is 1.31. The van der Waals surface area contributed by atoms with Crippen molar-refractivity contribution in [1.29, 1.82) is 0 Å². The number of carbonyl (C=O) groups is 2. The summed E-state index contributed by atoms with van der Waals surface area (Å²) in [5.41, 5.74) is 4.90. The summed E-state index contributed by atoms with van der Waals surface area (Å²) in [6.45, 7) is 2.54. The van der Waals surface area contributed by atoms with Gasteiger partial charge in [-0.25, -0.2) is 4.98 Å². The number of aromatic nitrogens is 3. The number of nitrogens with one attached hydrogen (secondary N) is 1. The van der Waals surface area contributed by atoms with E-state index in [1.54, 1.807) is 0 Å². The number of amides is 2. The number of nitrogens with zero attached hydrogens (tertiary/aromatic N) is 4. The third-order valence-electron chi connectivity index (χ3n) is 6.57. The van der Waals surface area contributed by atoms with Gasteiger partial charge in [-0.1, -0.05) is 78.1 Å². The summed E-state index contributed by atoms with van der Waals surface area (Å²) in [5, 5.41) is 13.4. The molecule has 182 valence electrons. The molecule has 1 fully saturated rings. The van der Waals surface area contributed by atoms with E-state index in [4.69, 9.17) is 4.98 Å². The fraction of sp³-hybridized carbons (Fsp3) is 0.138. The highest BCUT2D eigenvalue weighted by atomic mass is 32.1. The first-order chi connectivity index (χ1) is 18.1. The van der Waals surface area contributed by atoms with Gasteiger partial charge in [0.15, 0.2) is 0 Å². The van der Waals surface area contributed by atoms with Crippen LogP contribution in [0, 0.1) is 6.92 Å². The molecule has 0 bridgehead atoms. The lowest BCUT2D eigenvalue weighted by Gasteiger charge is -2.18. The van der Waals surface area contributed by atoms with E-state index in [0.29, 0.717) is 23.7 Å². The van der Waals surface area contributed by atoms with Crippen molar-refractivity contribution in [2.45, 2.75) is 19.3 Å². The monoisotopic (exact) mass is 505 g/mol. The Morgan fingerprint density at radius 2 is 1.73 bits per heavy atom. The maximum absolute atomic E-state index is 13.4. The van der Waals surface area contributed by atoms with Gasteiger partial charge in [0.1, 0.15) is 5.01 Å². The minimum absolute atomic E-state index is 0.0665. The fourth-order valence-electron chi connectivity index (χ4n) is 4.71. The molecule has 1 N–H and O–H groups in total. The lowest BCUT2D eigenvalue weighted by atomic mass is 10.0. The zero-order chi connectivity index (χ0) is 25.4. The number of hydrogen-bond acceptors (Lipinski definition) is 6. The molecular formula is C29H23N5O2S. The first kappa shape index (κ1) is 23.0. The average Bonchev–Trinajstić information content (AvgIpc) is 3.55. The number of carbonyl (C=O) groups excluding carboxylic acids is 2. The SMILES string of the molecule is Cc1ccccc1N1CC(c2nnc(NC(=O)c3cc(-c4ccccc4)nc4ccccc34)s2)CC1=O. The number of anilines is 2. The number of benzene rings is 3. The van der Waals surface area contributed by atoms with Crippen LogP contribution in [0.25, 0.3) is 22.2 Å². The van der Waals surface area contributed by atoms with Gasteiger partial charge in [-0.15, -0.1) is 10.2 Å². The Morgan fingerprint density at radius 1 is 0.973 bits per heavy atom. The molecule has 1 aliphatic heterocycles. The molecule has 0 radical (unpaired) electrons. The quantitative estimate of drug-likeness (QED) is 0.324. The van der Waals surface area contributed by atoms with E-state index in [9.17, 15) is 9.59 Å². The van der Waals surface area contributed by atoms with E-state index >= 15 is 0 Å². The Labute approximate surface area is 217 Å². The molecule has 1 atom stereocenters. The van der Waals surface area contributed by atoms with Crippen LogP contribution in [-0.2, 0) is 4.79 Å². The van der Waals surface area contributed by atoms with Gasteiger partial charge in [0.25, 0.3) is 5.91 Å².